The van der Waals surface area contributed by atoms with Gasteiger partial charge in [-0.2, -0.15) is 13.2 Å². The van der Waals surface area contributed by atoms with Crippen molar-refractivity contribution < 1.29 is 18.0 Å². The molecule has 0 unspecified atom stereocenters. The van der Waals surface area contributed by atoms with E-state index in [4.69, 9.17) is 0 Å². The van der Waals surface area contributed by atoms with Gasteiger partial charge in [0.05, 0.1) is 5.56 Å². The van der Waals surface area contributed by atoms with Crippen LogP contribution in [0.1, 0.15) is 27.0 Å². The van der Waals surface area contributed by atoms with E-state index in [9.17, 15) is 18.0 Å². The van der Waals surface area contributed by atoms with Crippen molar-refractivity contribution in [2.75, 3.05) is 43.9 Å². The van der Waals surface area contributed by atoms with Gasteiger partial charge in [0, 0.05) is 73.8 Å². The number of amides is 1. The highest BCUT2D eigenvalue weighted by Crippen LogP contribution is 2.35. The minimum Gasteiger partial charge on any atom is -0.340 e. The SMILES string of the molecule is Cc1ccc(C(=O)Nc2ccc(CN3CCN(C)CC3)c(C(F)(F)F)c2)cc1Nc1cc(-c2cccnc2)ccn1. The van der Waals surface area contributed by atoms with Gasteiger partial charge in [0.25, 0.3) is 5.91 Å². The van der Waals surface area contributed by atoms with Gasteiger partial charge in [0.1, 0.15) is 5.82 Å². The first kappa shape index (κ1) is 28.3. The lowest BCUT2D eigenvalue weighted by Gasteiger charge is -2.33. The fraction of sp³-hybridized carbons (Fsp3) is 0.258. The number of pyridine rings is 2. The summed E-state index contributed by atoms with van der Waals surface area (Å²) in [6, 6.07) is 16.7. The van der Waals surface area contributed by atoms with Gasteiger partial charge in [-0.05, 0) is 73.1 Å². The van der Waals surface area contributed by atoms with E-state index in [0.717, 1.165) is 35.8 Å². The zero-order chi connectivity index (χ0) is 29.0. The Morgan fingerprint density at radius 1 is 0.951 bits per heavy atom. The van der Waals surface area contributed by atoms with E-state index in [1.54, 1.807) is 36.8 Å². The first-order chi connectivity index (χ1) is 19.7. The third-order valence-corrected chi connectivity index (χ3v) is 7.18. The van der Waals surface area contributed by atoms with E-state index in [0.29, 0.717) is 30.2 Å². The summed E-state index contributed by atoms with van der Waals surface area (Å²) in [5.41, 5.74) is 3.26. The number of hydrogen-bond donors (Lipinski definition) is 2. The van der Waals surface area contributed by atoms with Crippen LogP contribution in [0.4, 0.5) is 30.4 Å². The van der Waals surface area contributed by atoms with Crippen LogP contribution in [0.3, 0.4) is 0 Å². The van der Waals surface area contributed by atoms with Gasteiger partial charge in [0.2, 0.25) is 0 Å². The topological polar surface area (TPSA) is 73.4 Å². The van der Waals surface area contributed by atoms with Gasteiger partial charge in [0.15, 0.2) is 0 Å². The molecule has 4 aromatic rings. The molecule has 1 saturated heterocycles. The summed E-state index contributed by atoms with van der Waals surface area (Å²) in [6.07, 6.45) is 0.609. The highest BCUT2D eigenvalue weighted by atomic mass is 19.4. The molecule has 0 radical (unpaired) electrons. The zero-order valence-electron chi connectivity index (χ0n) is 22.9. The van der Waals surface area contributed by atoms with Gasteiger partial charge in [-0.1, -0.05) is 18.2 Å². The molecule has 0 bridgehead atoms. The van der Waals surface area contributed by atoms with Gasteiger partial charge in [-0.15, -0.1) is 0 Å². The minimum atomic E-state index is -4.54. The summed E-state index contributed by atoms with van der Waals surface area (Å²) in [5.74, 6) is 0.0721. The van der Waals surface area contributed by atoms with Gasteiger partial charge >= 0.3 is 6.18 Å². The highest BCUT2D eigenvalue weighted by Gasteiger charge is 2.34. The molecule has 2 aromatic heterocycles. The number of aryl methyl sites for hydroxylation is 1. The molecule has 2 aromatic carbocycles. The Bertz CT molecular complexity index is 1520. The summed E-state index contributed by atoms with van der Waals surface area (Å²) >= 11 is 0. The molecule has 5 rings (SSSR count). The average Bonchev–Trinajstić information content (AvgIpc) is 2.96. The first-order valence-corrected chi connectivity index (χ1v) is 13.3. The van der Waals surface area contributed by atoms with Crippen molar-refractivity contribution in [3.63, 3.8) is 0 Å². The monoisotopic (exact) mass is 560 g/mol. The molecule has 0 aliphatic carbocycles. The van der Waals surface area contributed by atoms with Crippen molar-refractivity contribution >= 4 is 23.1 Å². The Labute approximate surface area is 237 Å². The number of carbonyl (C=O) groups is 1. The summed E-state index contributed by atoms with van der Waals surface area (Å²) in [4.78, 5) is 25.8. The molecule has 0 spiro atoms. The van der Waals surface area contributed by atoms with E-state index < -0.39 is 17.6 Å². The molecule has 1 fully saturated rings. The second-order valence-electron chi connectivity index (χ2n) is 10.2. The summed E-state index contributed by atoms with van der Waals surface area (Å²) < 4.78 is 42.0. The summed E-state index contributed by atoms with van der Waals surface area (Å²) in [6.45, 7) is 5.14. The maximum atomic E-state index is 14.0. The maximum Gasteiger partial charge on any atom is 0.416 e. The van der Waals surface area contributed by atoms with E-state index in [1.165, 1.54) is 12.1 Å². The number of halogens is 3. The van der Waals surface area contributed by atoms with Gasteiger partial charge in [-0.3, -0.25) is 14.7 Å². The van der Waals surface area contributed by atoms with E-state index in [2.05, 4.69) is 25.5 Å². The number of carbonyl (C=O) groups excluding carboxylic acids is 1. The predicted molar refractivity (Wildman–Crippen MR) is 154 cm³/mol. The molecule has 0 saturated carbocycles. The number of rotatable bonds is 7. The van der Waals surface area contributed by atoms with Crippen molar-refractivity contribution in [3.8, 4) is 11.1 Å². The second kappa shape index (κ2) is 12.1. The second-order valence-corrected chi connectivity index (χ2v) is 10.2. The predicted octanol–water partition coefficient (Wildman–Crippen LogP) is 6.21. The quantitative estimate of drug-likeness (QED) is 0.280. The lowest BCUT2D eigenvalue weighted by molar-refractivity contribution is -0.138. The Balaban J connectivity index is 1.32. The number of nitrogens with one attached hydrogen (secondary N) is 2. The Hall–Kier alpha value is -4.28. The van der Waals surface area contributed by atoms with Crippen LogP contribution in [-0.4, -0.2) is 58.9 Å². The van der Waals surface area contributed by atoms with Crippen molar-refractivity contribution in [1.29, 1.82) is 0 Å². The van der Waals surface area contributed by atoms with Gasteiger partial charge in [-0.25, -0.2) is 4.98 Å². The Kier molecular flexibility index (Phi) is 8.32. The molecular weight excluding hydrogens is 529 g/mol. The summed E-state index contributed by atoms with van der Waals surface area (Å²) in [5, 5.41) is 5.89. The molecule has 0 atom stereocenters. The fourth-order valence-electron chi connectivity index (χ4n) is 4.75. The van der Waals surface area contributed by atoms with Crippen LogP contribution in [0.15, 0.2) is 79.3 Å². The third kappa shape index (κ3) is 7.08. The normalized spacial score (nSPS) is 14.6. The minimum absolute atomic E-state index is 0.0883. The maximum absolute atomic E-state index is 14.0. The van der Waals surface area contributed by atoms with Crippen LogP contribution in [0, 0.1) is 6.92 Å². The van der Waals surface area contributed by atoms with Crippen molar-refractivity contribution in [2.24, 2.45) is 0 Å². The third-order valence-electron chi connectivity index (χ3n) is 7.18. The molecule has 1 aliphatic rings. The number of hydrogen-bond acceptors (Lipinski definition) is 6. The van der Waals surface area contributed by atoms with Crippen LogP contribution in [0.2, 0.25) is 0 Å². The van der Waals surface area contributed by atoms with Crippen molar-refractivity contribution in [3.05, 3.63) is 102 Å². The number of benzene rings is 2. The average molecular weight is 561 g/mol. The van der Waals surface area contributed by atoms with Crippen LogP contribution >= 0.6 is 0 Å². The smallest absolute Gasteiger partial charge is 0.340 e. The molecule has 1 amide bonds. The van der Waals surface area contributed by atoms with Crippen LogP contribution < -0.4 is 10.6 Å². The number of nitrogens with zero attached hydrogens (tertiary/aromatic N) is 4. The molecule has 7 nitrogen and oxygen atoms in total. The van der Waals surface area contributed by atoms with Crippen LogP contribution in [-0.2, 0) is 12.7 Å². The summed E-state index contributed by atoms with van der Waals surface area (Å²) in [7, 11) is 2.00. The number of piperazine rings is 1. The Morgan fingerprint density at radius 2 is 1.76 bits per heavy atom. The Morgan fingerprint density at radius 3 is 2.49 bits per heavy atom. The first-order valence-electron chi connectivity index (χ1n) is 13.3. The largest absolute Gasteiger partial charge is 0.416 e. The van der Waals surface area contributed by atoms with E-state index in [-0.39, 0.29) is 17.8 Å². The lowest BCUT2D eigenvalue weighted by atomic mass is 10.0. The van der Waals surface area contributed by atoms with Crippen LogP contribution in [0.5, 0.6) is 0 Å². The molecule has 41 heavy (non-hydrogen) atoms. The molecule has 1 aliphatic heterocycles. The zero-order valence-corrected chi connectivity index (χ0v) is 22.9. The van der Waals surface area contributed by atoms with E-state index >= 15 is 0 Å². The molecular formula is C31H31F3N6O. The fourth-order valence-corrected chi connectivity index (χ4v) is 4.75. The van der Waals surface area contributed by atoms with Crippen LogP contribution in [0.25, 0.3) is 11.1 Å². The molecule has 10 heteroatoms. The van der Waals surface area contributed by atoms with Crippen molar-refractivity contribution in [1.82, 2.24) is 19.8 Å². The number of alkyl halides is 3. The lowest BCUT2D eigenvalue weighted by Crippen LogP contribution is -2.44. The van der Waals surface area contributed by atoms with E-state index in [1.807, 2.05) is 43.1 Å². The molecule has 3 heterocycles. The molecule has 2 N–H and O–H groups in total. The number of anilines is 3. The number of aromatic nitrogens is 2. The molecule has 212 valence electrons. The number of likely N-dealkylation sites (N-methyl/N-ethyl adjacent to an activating group) is 1. The van der Waals surface area contributed by atoms with Crippen molar-refractivity contribution in [2.45, 2.75) is 19.6 Å². The standard InChI is InChI=1S/C31H31F3N6O/c1-21-5-6-23(16-28(21)38-29-17-22(9-11-36-29)24-4-3-10-35-19-24)30(41)37-26-8-7-25(27(18-26)31(32,33)34)20-40-14-12-39(2)13-15-40/h3-11,16-19H,12-15,20H2,1-2H3,(H,36,38)(H,37,41). The highest BCUT2D eigenvalue weighted by molar-refractivity contribution is 6.05. The van der Waals surface area contributed by atoms with Gasteiger partial charge < -0.3 is 15.5 Å².